The first-order chi connectivity index (χ1) is 10.3. The Kier molecular flexibility index (Phi) is 5.93. The summed E-state index contributed by atoms with van der Waals surface area (Å²) in [5.74, 6) is 3.05. The SMILES string of the molecule is CCSCCCOc1c(/C(C)=N/O)ccc2ccccc12. The van der Waals surface area contributed by atoms with Gasteiger partial charge in [0.1, 0.15) is 5.75 Å². The summed E-state index contributed by atoms with van der Waals surface area (Å²) >= 11 is 1.92. The summed E-state index contributed by atoms with van der Waals surface area (Å²) in [6, 6.07) is 12.1. The van der Waals surface area contributed by atoms with E-state index in [1.54, 1.807) is 6.92 Å². The fourth-order valence-electron chi connectivity index (χ4n) is 2.22. The van der Waals surface area contributed by atoms with E-state index in [9.17, 15) is 0 Å². The minimum atomic E-state index is 0.568. The second-order valence-corrected chi connectivity index (χ2v) is 6.14. The van der Waals surface area contributed by atoms with Crippen LogP contribution in [0.25, 0.3) is 10.8 Å². The van der Waals surface area contributed by atoms with Gasteiger partial charge in [-0.2, -0.15) is 11.8 Å². The lowest BCUT2D eigenvalue weighted by Gasteiger charge is -2.14. The molecule has 112 valence electrons. The molecule has 0 atom stereocenters. The number of thioether (sulfide) groups is 1. The number of fused-ring (bicyclic) bond motifs is 1. The summed E-state index contributed by atoms with van der Waals surface area (Å²) in [7, 11) is 0. The van der Waals surface area contributed by atoms with Crippen molar-refractivity contribution in [3.63, 3.8) is 0 Å². The number of hydrogen-bond acceptors (Lipinski definition) is 4. The molecule has 0 aliphatic carbocycles. The van der Waals surface area contributed by atoms with Crippen LogP contribution >= 0.6 is 11.8 Å². The molecular formula is C17H21NO2S. The number of nitrogens with zero attached hydrogens (tertiary/aromatic N) is 1. The van der Waals surface area contributed by atoms with Gasteiger partial charge in [0.05, 0.1) is 12.3 Å². The number of ether oxygens (including phenoxy) is 1. The Labute approximate surface area is 130 Å². The molecule has 1 N–H and O–H groups in total. The van der Waals surface area contributed by atoms with Gasteiger partial charge in [0.25, 0.3) is 0 Å². The van der Waals surface area contributed by atoms with Gasteiger partial charge in [0, 0.05) is 10.9 Å². The highest BCUT2D eigenvalue weighted by Crippen LogP contribution is 2.30. The van der Waals surface area contributed by atoms with E-state index in [0.29, 0.717) is 12.3 Å². The van der Waals surface area contributed by atoms with Crippen LogP contribution in [0.3, 0.4) is 0 Å². The lowest BCUT2D eigenvalue weighted by Crippen LogP contribution is -2.05. The van der Waals surface area contributed by atoms with Crippen molar-refractivity contribution in [2.45, 2.75) is 20.3 Å². The van der Waals surface area contributed by atoms with Gasteiger partial charge in [-0.3, -0.25) is 0 Å². The van der Waals surface area contributed by atoms with E-state index < -0.39 is 0 Å². The molecule has 0 aromatic heterocycles. The molecule has 0 saturated carbocycles. The summed E-state index contributed by atoms with van der Waals surface area (Å²) in [6.07, 6.45) is 1.01. The number of hydrogen-bond donors (Lipinski definition) is 1. The monoisotopic (exact) mass is 303 g/mol. The Bertz CT molecular complexity index is 625. The van der Waals surface area contributed by atoms with Crippen LogP contribution in [-0.2, 0) is 0 Å². The fourth-order valence-corrected chi connectivity index (χ4v) is 2.83. The molecule has 0 aliphatic heterocycles. The Morgan fingerprint density at radius 3 is 2.81 bits per heavy atom. The molecule has 0 fully saturated rings. The molecule has 0 heterocycles. The molecule has 0 unspecified atom stereocenters. The molecule has 2 aromatic carbocycles. The van der Waals surface area contributed by atoms with Crippen LogP contribution in [0.2, 0.25) is 0 Å². The van der Waals surface area contributed by atoms with Crippen molar-refractivity contribution in [3.8, 4) is 5.75 Å². The van der Waals surface area contributed by atoms with Gasteiger partial charge in [-0.1, -0.05) is 42.4 Å². The first-order valence-electron chi connectivity index (χ1n) is 7.19. The predicted molar refractivity (Wildman–Crippen MR) is 91.1 cm³/mol. The van der Waals surface area contributed by atoms with E-state index in [1.165, 1.54) is 0 Å². The Hall–Kier alpha value is -1.68. The maximum Gasteiger partial charge on any atom is 0.136 e. The lowest BCUT2D eigenvalue weighted by molar-refractivity contribution is 0.314. The van der Waals surface area contributed by atoms with Crippen molar-refractivity contribution in [1.29, 1.82) is 0 Å². The van der Waals surface area contributed by atoms with Gasteiger partial charge < -0.3 is 9.94 Å². The van der Waals surface area contributed by atoms with Crippen molar-refractivity contribution in [3.05, 3.63) is 42.0 Å². The third-order valence-corrected chi connectivity index (χ3v) is 4.29. The molecule has 0 radical (unpaired) electrons. The van der Waals surface area contributed by atoms with Crippen molar-refractivity contribution in [2.75, 3.05) is 18.1 Å². The molecule has 0 spiro atoms. The molecule has 0 amide bonds. The molecule has 21 heavy (non-hydrogen) atoms. The van der Waals surface area contributed by atoms with Gasteiger partial charge in [-0.15, -0.1) is 0 Å². The molecule has 0 bridgehead atoms. The normalized spacial score (nSPS) is 11.8. The number of rotatable bonds is 7. The second kappa shape index (κ2) is 7.93. The molecule has 0 saturated heterocycles. The van der Waals surface area contributed by atoms with Crippen LogP contribution in [0.15, 0.2) is 41.6 Å². The maximum atomic E-state index is 9.06. The second-order valence-electron chi connectivity index (χ2n) is 4.75. The number of benzene rings is 2. The zero-order valence-corrected chi connectivity index (χ0v) is 13.3. The smallest absolute Gasteiger partial charge is 0.136 e. The highest BCUT2D eigenvalue weighted by Gasteiger charge is 2.11. The summed E-state index contributed by atoms with van der Waals surface area (Å²) < 4.78 is 6.01. The first kappa shape index (κ1) is 15.7. The van der Waals surface area contributed by atoms with Crippen molar-refractivity contribution in [2.24, 2.45) is 5.16 Å². The van der Waals surface area contributed by atoms with Crippen molar-refractivity contribution < 1.29 is 9.94 Å². The summed E-state index contributed by atoms with van der Waals surface area (Å²) in [6.45, 7) is 4.62. The quantitative estimate of drug-likeness (QED) is 0.353. The topological polar surface area (TPSA) is 41.8 Å². The minimum Gasteiger partial charge on any atom is -0.492 e. The summed E-state index contributed by atoms with van der Waals surface area (Å²) in [5, 5.41) is 14.6. The van der Waals surface area contributed by atoms with E-state index in [0.717, 1.165) is 40.0 Å². The fraction of sp³-hybridized carbons (Fsp3) is 0.353. The average molecular weight is 303 g/mol. The number of oxime groups is 1. The highest BCUT2D eigenvalue weighted by atomic mass is 32.2. The average Bonchev–Trinajstić information content (AvgIpc) is 2.53. The highest BCUT2D eigenvalue weighted by molar-refractivity contribution is 7.99. The lowest BCUT2D eigenvalue weighted by atomic mass is 10.0. The van der Waals surface area contributed by atoms with Gasteiger partial charge in [0.15, 0.2) is 0 Å². The third-order valence-electron chi connectivity index (χ3n) is 3.30. The van der Waals surface area contributed by atoms with E-state index in [2.05, 4.69) is 18.1 Å². The van der Waals surface area contributed by atoms with Crippen LogP contribution in [-0.4, -0.2) is 29.0 Å². The van der Waals surface area contributed by atoms with Crippen LogP contribution in [0.4, 0.5) is 0 Å². The van der Waals surface area contributed by atoms with E-state index in [-0.39, 0.29) is 0 Å². The van der Waals surface area contributed by atoms with Crippen LogP contribution < -0.4 is 4.74 Å². The first-order valence-corrected chi connectivity index (χ1v) is 8.34. The van der Waals surface area contributed by atoms with E-state index in [4.69, 9.17) is 9.94 Å². The zero-order chi connectivity index (χ0) is 15.1. The van der Waals surface area contributed by atoms with E-state index >= 15 is 0 Å². The van der Waals surface area contributed by atoms with Gasteiger partial charge in [-0.05, 0) is 36.3 Å². The summed E-state index contributed by atoms with van der Waals surface area (Å²) in [5.41, 5.74) is 1.41. The molecule has 2 aromatic rings. The summed E-state index contributed by atoms with van der Waals surface area (Å²) in [4.78, 5) is 0. The minimum absolute atomic E-state index is 0.568. The van der Waals surface area contributed by atoms with Crippen LogP contribution in [0, 0.1) is 0 Å². The third kappa shape index (κ3) is 3.91. The van der Waals surface area contributed by atoms with Gasteiger partial charge in [0.2, 0.25) is 0 Å². The Morgan fingerprint density at radius 2 is 2.05 bits per heavy atom. The van der Waals surface area contributed by atoms with Gasteiger partial charge >= 0.3 is 0 Å². The van der Waals surface area contributed by atoms with Crippen molar-refractivity contribution >= 4 is 28.2 Å². The zero-order valence-electron chi connectivity index (χ0n) is 12.5. The van der Waals surface area contributed by atoms with E-state index in [1.807, 2.05) is 42.1 Å². The molecule has 0 aliphatic rings. The molecular weight excluding hydrogens is 282 g/mol. The van der Waals surface area contributed by atoms with Crippen molar-refractivity contribution in [1.82, 2.24) is 0 Å². The Morgan fingerprint density at radius 1 is 1.24 bits per heavy atom. The maximum absolute atomic E-state index is 9.06. The standard InChI is InChI=1S/C17H21NO2S/c1-3-21-12-6-11-20-17-15(13(2)18-19)10-9-14-7-4-5-8-16(14)17/h4-5,7-10,19H,3,6,11-12H2,1-2H3/b18-13+. The molecule has 3 nitrogen and oxygen atoms in total. The van der Waals surface area contributed by atoms with Crippen LogP contribution in [0.1, 0.15) is 25.8 Å². The predicted octanol–water partition coefficient (Wildman–Crippen LogP) is 4.56. The Balaban J connectivity index is 2.28. The van der Waals surface area contributed by atoms with Gasteiger partial charge in [-0.25, -0.2) is 0 Å². The molecule has 4 heteroatoms. The molecule has 2 rings (SSSR count). The van der Waals surface area contributed by atoms with Crippen LogP contribution in [0.5, 0.6) is 5.75 Å². The largest absolute Gasteiger partial charge is 0.492 e.